The molecule has 0 saturated heterocycles. The average Bonchev–Trinajstić information content (AvgIpc) is 2.94. The lowest BCUT2D eigenvalue weighted by molar-refractivity contribution is -0.142. The standard InChI is InChI=1S/C14H15N3O5S2/c1-2-22-13(18)7-11-9-23-14(16-11)17-15-8-10-5-3-4-6-12(10)24(19,20)21/h3-6,8-9H,2,7H2,1H3,(H,16,17)(H,19,20,21). The van der Waals surface area contributed by atoms with E-state index in [1.165, 1.54) is 35.8 Å². The number of ether oxygens (including phenoxy) is 1. The molecule has 0 atom stereocenters. The Labute approximate surface area is 142 Å². The van der Waals surface area contributed by atoms with Crippen molar-refractivity contribution in [1.29, 1.82) is 0 Å². The van der Waals surface area contributed by atoms with Gasteiger partial charge in [0, 0.05) is 10.9 Å². The summed E-state index contributed by atoms with van der Waals surface area (Å²) >= 11 is 1.24. The van der Waals surface area contributed by atoms with Crippen molar-refractivity contribution < 1.29 is 22.5 Å². The summed E-state index contributed by atoms with van der Waals surface area (Å²) in [6, 6.07) is 5.90. The first-order chi connectivity index (χ1) is 11.4. The van der Waals surface area contributed by atoms with Gasteiger partial charge < -0.3 is 4.74 Å². The predicted molar refractivity (Wildman–Crippen MR) is 89.9 cm³/mol. The lowest BCUT2D eigenvalue weighted by atomic mass is 10.2. The third kappa shape index (κ3) is 5.11. The molecular formula is C14H15N3O5S2. The van der Waals surface area contributed by atoms with Crippen LogP contribution in [0.25, 0.3) is 0 Å². The lowest BCUT2D eigenvalue weighted by Crippen LogP contribution is -2.07. The van der Waals surface area contributed by atoms with Crippen LogP contribution in [0, 0.1) is 0 Å². The number of hydrazone groups is 1. The van der Waals surface area contributed by atoms with Crippen LogP contribution in [0.15, 0.2) is 39.6 Å². The fourth-order valence-corrected chi connectivity index (χ4v) is 3.11. The molecule has 1 aromatic heterocycles. The Hall–Kier alpha value is -2.30. The first kappa shape index (κ1) is 18.0. The highest BCUT2D eigenvalue weighted by Crippen LogP contribution is 2.17. The van der Waals surface area contributed by atoms with Gasteiger partial charge in [-0.1, -0.05) is 18.2 Å². The maximum absolute atomic E-state index is 11.4. The highest BCUT2D eigenvalue weighted by molar-refractivity contribution is 7.86. The minimum Gasteiger partial charge on any atom is -0.466 e. The van der Waals surface area contributed by atoms with Crippen molar-refractivity contribution in [2.45, 2.75) is 18.2 Å². The van der Waals surface area contributed by atoms with Gasteiger partial charge in [0.05, 0.1) is 24.9 Å². The number of anilines is 1. The summed E-state index contributed by atoms with van der Waals surface area (Å²) in [6.45, 7) is 2.04. The summed E-state index contributed by atoms with van der Waals surface area (Å²) in [5.74, 6) is -0.361. The van der Waals surface area contributed by atoms with Crippen LogP contribution >= 0.6 is 11.3 Å². The highest BCUT2D eigenvalue weighted by atomic mass is 32.2. The van der Waals surface area contributed by atoms with E-state index in [9.17, 15) is 13.2 Å². The zero-order valence-electron chi connectivity index (χ0n) is 12.7. The third-order valence-corrected chi connectivity index (χ3v) is 4.47. The number of hydrogen-bond acceptors (Lipinski definition) is 8. The summed E-state index contributed by atoms with van der Waals surface area (Å²) < 4.78 is 36.5. The first-order valence-corrected chi connectivity index (χ1v) is 9.17. The van der Waals surface area contributed by atoms with Crippen LogP contribution in [-0.2, 0) is 26.1 Å². The van der Waals surface area contributed by atoms with Crippen LogP contribution in [0.5, 0.6) is 0 Å². The number of carbonyl (C=O) groups is 1. The molecule has 8 nitrogen and oxygen atoms in total. The van der Waals surface area contributed by atoms with E-state index in [1.807, 2.05) is 0 Å². The molecule has 2 rings (SSSR count). The number of nitrogens with one attached hydrogen (secondary N) is 1. The normalized spacial score (nSPS) is 11.6. The van der Waals surface area contributed by atoms with E-state index >= 15 is 0 Å². The zero-order chi connectivity index (χ0) is 17.6. The second kappa shape index (κ2) is 7.99. The third-order valence-electron chi connectivity index (χ3n) is 2.74. The van der Waals surface area contributed by atoms with Gasteiger partial charge in [0.2, 0.25) is 5.13 Å². The Bertz CT molecular complexity index is 846. The van der Waals surface area contributed by atoms with E-state index in [1.54, 1.807) is 18.4 Å². The molecule has 0 unspecified atom stereocenters. The van der Waals surface area contributed by atoms with E-state index < -0.39 is 10.1 Å². The number of benzene rings is 1. The van der Waals surface area contributed by atoms with E-state index in [0.717, 1.165) is 0 Å². The van der Waals surface area contributed by atoms with E-state index in [0.29, 0.717) is 17.4 Å². The summed E-state index contributed by atoms with van der Waals surface area (Å²) in [4.78, 5) is 15.3. The fourth-order valence-electron chi connectivity index (χ4n) is 1.78. The van der Waals surface area contributed by atoms with Crippen LogP contribution in [0.1, 0.15) is 18.2 Å². The van der Waals surface area contributed by atoms with E-state index in [4.69, 9.17) is 9.29 Å². The molecule has 24 heavy (non-hydrogen) atoms. The molecule has 1 aromatic carbocycles. The molecule has 0 spiro atoms. The maximum atomic E-state index is 11.4. The van der Waals surface area contributed by atoms with Crippen molar-refractivity contribution in [2.75, 3.05) is 12.0 Å². The molecule has 2 aromatic rings. The number of thiazole rings is 1. The minimum atomic E-state index is -4.33. The van der Waals surface area contributed by atoms with Gasteiger partial charge >= 0.3 is 5.97 Å². The maximum Gasteiger partial charge on any atom is 0.311 e. The van der Waals surface area contributed by atoms with Crippen molar-refractivity contribution in [1.82, 2.24) is 4.98 Å². The molecule has 0 aliphatic rings. The van der Waals surface area contributed by atoms with Gasteiger partial charge in [0.1, 0.15) is 4.90 Å². The number of nitrogens with zero attached hydrogens (tertiary/aromatic N) is 2. The van der Waals surface area contributed by atoms with Crippen LogP contribution in [0.2, 0.25) is 0 Å². The molecule has 1 heterocycles. The quantitative estimate of drug-likeness (QED) is 0.331. The van der Waals surface area contributed by atoms with Crippen molar-refractivity contribution in [3.63, 3.8) is 0 Å². The Balaban J connectivity index is 2.03. The molecule has 0 saturated carbocycles. The molecule has 0 aliphatic carbocycles. The molecule has 0 bridgehead atoms. The molecule has 0 fully saturated rings. The van der Waals surface area contributed by atoms with Gasteiger partial charge in [0.15, 0.2) is 0 Å². The minimum absolute atomic E-state index is 0.0708. The lowest BCUT2D eigenvalue weighted by Gasteiger charge is -2.01. The van der Waals surface area contributed by atoms with Crippen LogP contribution in [-0.4, -0.2) is 36.7 Å². The second-order valence-electron chi connectivity index (χ2n) is 4.51. The van der Waals surface area contributed by atoms with Gasteiger partial charge in [0.25, 0.3) is 10.1 Å². The Morgan fingerprint density at radius 1 is 1.46 bits per heavy atom. The number of aromatic nitrogens is 1. The average molecular weight is 369 g/mol. The number of carbonyl (C=O) groups excluding carboxylic acids is 1. The predicted octanol–water partition coefficient (Wildman–Crippen LogP) is 1.94. The Kier molecular flexibility index (Phi) is 6.01. The van der Waals surface area contributed by atoms with Gasteiger partial charge in [-0.2, -0.15) is 13.5 Å². The molecule has 128 valence electrons. The fraction of sp³-hybridized carbons (Fsp3) is 0.214. The first-order valence-electron chi connectivity index (χ1n) is 6.85. The van der Waals surface area contributed by atoms with Crippen LogP contribution in [0.4, 0.5) is 5.13 Å². The zero-order valence-corrected chi connectivity index (χ0v) is 14.3. The smallest absolute Gasteiger partial charge is 0.311 e. The highest BCUT2D eigenvalue weighted by Gasteiger charge is 2.13. The van der Waals surface area contributed by atoms with Crippen molar-refractivity contribution in [3.8, 4) is 0 Å². The summed E-state index contributed by atoms with van der Waals surface area (Å²) in [5.41, 5.74) is 3.43. The molecule has 2 N–H and O–H groups in total. The molecule has 0 radical (unpaired) electrons. The van der Waals surface area contributed by atoms with Crippen LogP contribution in [0.3, 0.4) is 0 Å². The van der Waals surface area contributed by atoms with Gasteiger partial charge in [-0.15, -0.1) is 11.3 Å². The van der Waals surface area contributed by atoms with Crippen molar-refractivity contribution >= 4 is 38.8 Å². The summed E-state index contributed by atoms with van der Waals surface area (Å²) in [7, 11) is -4.33. The topological polar surface area (TPSA) is 118 Å². The van der Waals surface area contributed by atoms with Gasteiger partial charge in [-0.3, -0.25) is 14.8 Å². The SMILES string of the molecule is CCOC(=O)Cc1csc(NN=Cc2ccccc2S(=O)(=O)O)n1. The second-order valence-corrected chi connectivity index (χ2v) is 6.76. The van der Waals surface area contributed by atoms with Crippen LogP contribution < -0.4 is 5.43 Å². The van der Waals surface area contributed by atoms with E-state index in [2.05, 4.69) is 15.5 Å². The molecule has 0 amide bonds. The Morgan fingerprint density at radius 2 is 2.21 bits per heavy atom. The Morgan fingerprint density at radius 3 is 2.92 bits per heavy atom. The monoisotopic (exact) mass is 369 g/mol. The largest absolute Gasteiger partial charge is 0.466 e. The summed E-state index contributed by atoms with van der Waals surface area (Å²) in [5, 5.41) is 6.03. The number of hydrogen-bond donors (Lipinski definition) is 2. The summed E-state index contributed by atoms with van der Waals surface area (Å²) in [6.07, 6.45) is 1.33. The van der Waals surface area contributed by atoms with Gasteiger partial charge in [-0.25, -0.2) is 4.98 Å². The van der Waals surface area contributed by atoms with Gasteiger partial charge in [-0.05, 0) is 13.0 Å². The van der Waals surface area contributed by atoms with E-state index in [-0.39, 0.29) is 22.8 Å². The molecular weight excluding hydrogens is 354 g/mol. The number of rotatable bonds is 7. The molecule has 0 aliphatic heterocycles. The van der Waals surface area contributed by atoms with Crippen molar-refractivity contribution in [2.24, 2.45) is 5.10 Å². The number of esters is 1. The van der Waals surface area contributed by atoms with Crippen molar-refractivity contribution in [3.05, 3.63) is 40.9 Å². The molecule has 10 heteroatoms.